The van der Waals surface area contributed by atoms with Gasteiger partial charge < -0.3 is 52.7 Å². The lowest BCUT2D eigenvalue weighted by atomic mass is 10.0. The van der Waals surface area contributed by atoms with Crippen LogP contribution in [0.1, 0.15) is 91.0 Å². The van der Waals surface area contributed by atoms with Gasteiger partial charge in [0.1, 0.15) is 41.7 Å². The molecular formula is C40H61N9O9. The second-order valence-electron chi connectivity index (χ2n) is 15.0. The van der Waals surface area contributed by atoms with Crippen LogP contribution in [0.4, 0.5) is 0 Å². The van der Waals surface area contributed by atoms with Crippen LogP contribution in [-0.4, -0.2) is 130 Å². The van der Waals surface area contributed by atoms with Crippen molar-refractivity contribution in [2.45, 2.75) is 140 Å². The van der Waals surface area contributed by atoms with Crippen LogP contribution in [0.5, 0.6) is 5.75 Å². The summed E-state index contributed by atoms with van der Waals surface area (Å²) in [6.07, 6.45) is 3.42. The van der Waals surface area contributed by atoms with Crippen LogP contribution in [0.3, 0.4) is 0 Å². The Labute approximate surface area is 339 Å². The maximum atomic E-state index is 14.2. The molecule has 0 aromatic heterocycles. The lowest BCUT2D eigenvalue weighted by molar-refractivity contribution is -0.146. The summed E-state index contributed by atoms with van der Waals surface area (Å²) in [4.78, 5) is 99.2. The second kappa shape index (κ2) is 22.5. The third kappa shape index (κ3) is 12.8. The van der Waals surface area contributed by atoms with Gasteiger partial charge in [0.2, 0.25) is 35.4 Å². The smallest absolute Gasteiger partial charge is 0.269 e. The molecular weight excluding hydrogens is 750 g/mol. The molecule has 58 heavy (non-hydrogen) atoms. The van der Waals surface area contributed by atoms with E-state index in [9.17, 15) is 43.8 Å². The van der Waals surface area contributed by atoms with Gasteiger partial charge in [0.05, 0.1) is 6.10 Å². The van der Waals surface area contributed by atoms with Gasteiger partial charge in [-0.05, 0) is 116 Å². The highest BCUT2D eigenvalue weighted by Crippen LogP contribution is 2.33. The van der Waals surface area contributed by atoms with Crippen molar-refractivity contribution in [3.05, 3.63) is 41.6 Å². The number of rotatable bonds is 23. The molecule has 10 N–H and O–H groups in total. The summed E-state index contributed by atoms with van der Waals surface area (Å²) >= 11 is 0. The number of phenolic OH excluding ortho intramolecular Hbond substituents is 1. The molecule has 0 aliphatic carbocycles. The molecule has 1 aromatic rings. The minimum absolute atomic E-state index is 0.00912. The normalized spacial score (nSPS) is 21.5. The number of benzene rings is 1. The topological polar surface area (TPSA) is 279 Å². The van der Waals surface area contributed by atoms with Crippen LogP contribution in [0.25, 0.3) is 0 Å². The number of aliphatic hydroxyl groups is 1. The third-order valence-electron chi connectivity index (χ3n) is 10.6. The van der Waals surface area contributed by atoms with E-state index in [0.29, 0.717) is 45.2 Å². The van der Waals surface area contributed by atoms with E-state index in [1.165, 1.54) is 34.9 Å². The van der Waals surface area contributed by atoms with Crippen molar-refractivity contribution in [3.63, 3.8) is 0 Å². The Kier molecular flexibility index (Phi) is 18.3. The molecule has 2 saturated heterocycles. The monoisotopic (exact) mass is 811 g/mol. The summed E-state index contributed by atoms with van der Waals surface area (Å²) in [6.45, 7) is 10.6. The average Bonchev–Trinajstić information content (AvgIpc) is 3.61. The van der Waals surface area contributed by atoms with Crippen LogP contribution in [0.15, 0.2) is 41.0 Å². The van der Waals surface area contributed by atoms with E-state index in [1.807, 2.05) is 0 Å². The minimum Gasteiger partial charge on any atom is -0.508 e. The number of carbonyl (C=O) groups excluding carboxylic acids is 7. The summed E-state index contributed by atoms with van der Waals surface area (Å²) in [6, 6.07) is 0.0499. The number of unbranched alkanes of at least 4 members (excludes halogenated alkanes) is 2. The first-order valence-corrected chi connectivity index (χ1v) is 19.9. The predicted octanol–water partition coefficient (Wildman–Crippen LogP) is -0.356. The molecule has 2 aliphatic heterocycles. The van der Waals surface area contributed by atoms with Crippen LogP contribution in [-0.2, 0) is 40.0 Å². The van der Waals surface area contributed by atoms with Gasteiger partial charge in [-0.25, -0.2) is 0 Å². The number of aliphatic imine (C=N–C) groups is 1. The highest BCUT2D eigenvalue weighted by Gasteiger charge is 2.51. The fourth-order valence-electron chi connectivity index (χ4n) is 7.48. The maximum Gasteiger partial charge on any atom is 0.269 e. The Hall–Kier alpha value is -5.36. The number of primary amides is 1. The predicted molar refractivity (Wildman–Crippen MR) is 216 cm³/mol. The Bertz CT molecular complexity index is 1670. The van der Waals surface area contributed by atoms with Gasteiger partial charge in [0, 0.05) is 25.0 Å². The third-order valence-corrected chi connectivity index (χ3v) is 10.6. The van der Waals surface area contributed by atoms with Gasteiger partial charge in [0.15, 0.2) is 0 Å². The maximum absolute atomic E-state index is 14.2. The van der Waals surface area contributed by atoms with E-state index < -0.39 is 83.8 Å². The average molecular weight is 812 g/mol. The largest absolute Gasteiger partial charge is 0.508 e. The molecule has 2 aliphatic rings. The van der Waals surface area contributed by atoms with E-state index in [4.69, 9.17) is 11.5 Å². The van der Waals surface area contributed by atoms with E-state index in [1.54, 1.807) is 32.9 Å². The van der Waals surface area contributed by atoms with Crippen LogP contribution >= 0.6 is 0 Å². The summed E-state index contributed by atoms with van der Waals surface area (Å²) in [7, 11) is 0. The van der Waals surface area contributed by atoms with Crippen LogP contribution in [0, 0.1) is 0 Å². The Balaban J connectivity index is 1.66. The van der Waals surface area contributed by atoms with E-state index in [-0.39, 0.29) is 49.5 Å². The van der Waals surface area contributed by atoms with Crippen molar-refractivity contribution < 1.29 is 43.8 Å². The molecule has 2 fully saturated rings. The second-order valence-corrected chi connectivity index (χ2v) is 15.0. The minimum atomic E-state index is -1.35. The highest BCUT2D eigenvalue weighted by molar-refractivity contribution is 5.98. The van der Waals surface area contributed by atoms with Crippen LogP contribution < -0.4 is 32.7 Å². The van der Waals surface area contributed by atoms with Gasteiger partial charge in [-0.3, -0.25) is 38.6 Å². The van der Waals surface area contributed by atoms with Gasteiger partial charge >= 0.3 is 0 Å². The Morgan fingerprint density at radius 3 is 2.24 bits per heavy atom. The van der Waals surface area contributed by atoms with E-state index in [0.717, 1.165) is 5.56 Å². The Morgan fingerprint density at radius 1 is 0.966 bits per heavy atom. The zero-order valence-electron chi connectivity index (χ0n) is 33.9. The fraction of sp³-hybridized carbons (Fsp3) is 0.600. The number of hydrogen-bond donors (Lipinski definition) is 8. The SMILES string of the molecule is C=N/C(=C\C)C(=O)NCCCCC(NC(=O)[C@H](CCCCN)N1C(=O)[C@@H](N2C(=O)[C@@H](NC(=O)[C@@H](NC(=O)CCc3ccc(O)cc3)[C@H](C)O)CC2C)CC1C)C(N)=O. The van der Waals surface area contributed by atoms with E-state index >= 15 is 0 Å². The number of nitrogens with two attached hydrogens (primary N) is 2. The van der Waals surface area contributed by atoms with Crippen molar-refractivity contribution >= 4 is 48.1 Å². The molecule has 2 heterocycles. The summed E-state index contributed by atoms with van der Waals surface area (Å²) in [5.41, 5.74) is 12.4. The number of aryl methyl sites for hydroxylation is 1. The number of allylic oxidation sites excluding steroid dienone is 1. The van der Waals surface area contributed by atoms with E-state index in [2.05, 4.69) is 33.0 Å². The molecule has 0 saturated carbocycles. The van der Waals surface area contributed by atoms with Gasteiger partial charge in [-0.1, -0.05) is 18.2 Å². The number of amides is 7. The van der Waals surface area contributed by atoms with Crippen molar-refractivity contribution in [1.29, 1.82) is 0 Å². The molecule has 7 amide bonds. The lowest BCUT2D eigenvalue weighted by Gasteiger charge is -2.33. The number of likely N-dealkylation sites (tertiary alicyclic amines) is 2. The molecule has 0 spiro atoms. The quantitative estimate of drug-likeness (QED) is 0.0404. The first-order chi connectivity index (χ1) is 27.5. The van der Waals surface area contributed by atoms with Gasteiger partial charge in [0.25, 0.3) is 5.91 Å². The molecule has 0 radical (unpaired) electrons. The van der Waals surface area contributed by atoms with Crippen molar-refractivity contribution in [2.75, 3.05) is 13.1 Å². The summed E-state index contributed by atoms with van der Waals surface area (Å²) in [5, 5.41) is 30.5. The number of carbonyl (C=O) groups is 7. The fourth-order valence-corrected chi connectivity index (χ4v) is 7.48. The molecule has 0 bridgehead atoms. The number of nitrogens with one attached hydrogen (secondary N) is 4. The molecule has 1 aromatic carbocycles. The number of aromatic hydroxyl groups is 1. The molecule has 320 valence electrons. The van der Waals surface area contributed by atoms with Crippen molar-refractivity contribution in [3.8, 4) is 5.75 Å². The Morgan fingerprint density at radius 2 is 1.64 bits per heavy atom. The lowest BCUT2D eigenvalue weighted by Crippen LogP contribution is -2.57. The van der Waals surface area contributed by atoms with Crippen molar-refractivity contribution in [2.24, 2.45) is 16.5 Å². The standard InChI is InChI=1S/C40H61N9O9/c1-6-28(43-5)36(54)44-20-10-8-11-29(35(42)53)45-37(55)31(12-7-9-19-41)48-24(3)22-32(40(48)58)49-23(2)21-30(39(49)57)46-38(56)34(25(4)50)47-33(52)18-15-26-13-16-27(51)17-14-26/h6,13-14,16-17,23-25,29-32,34,50-51H,5,7-12,15,18-22,41H2,1-4H3,(H2,42,53)(H,44,54)(H,45,55)(H,46,56)(H,47,52)/b28-6-/t23?,24?,25-,29?,30-,31-,32-,34-/m0/s1. The summed E-state index contributed by atoms with van der Waals surface area (Å²) < 4.78 is 0. The number of phenols is 1. The summed E-state index contributed by atoms with van der Waals surface area (Å²) in [5.74, 6) is -3.81. The highest BCUT2D eigenvalue weighted by atomic mass is 16.3. The number of hydrogen-bond acceptors (Lipinski definition) is 11. The molecule has 8 atom stereocenters. The zero-order chi connectivity index (χ0) is 43.1. The molecule has 3 rings (SSSR count). The number of aliphatic hydroxyl groups excluding tert-OH is 1. The number of nitrogens with zero attached hydrogens (tertiary/aromatic N) is 3. The first-order valence-electron chi connectivity index (χ1n) is 19.9. The first kappa shape index (κ1) is 47.0. The zero-order valence-corrected chi connectivity index (χ0v) is 33.9. The van der Waals surface area contributed by atoms with Gasteiger partial charge in [-0.15, -0.1) is 0 Å². The van der Waals surface area contributed by atoms with Crippen molar-refractivity contribution in [1.82, 2.24) is 31.1 Å². The molecule has 3 unspecified atom stereocenters. The van der Waals surface area contributed by atoms with Crippen LogP contribution in [0.2, 0.25) is 0 Å². The van der Waals surface area contributed by atoms with Gasteiger partial charge in [-0.2, -0.15) is 0 Å². The molecule has 18 nitrogen and oxygen atoms in total. The molecule has 18 heteroatoms.